The van der Waals surface area contributed by atoms with Gasteiger partial charge in [-0.15, -0.1) is 0 Å². The Balaban J connectivity index is 1.99. The van der Waals surface area contributed by atoms with E-state index in [0.29, 0.717) is 10.7 Å². The highest BCUT2D eigenvalue weighted by Gasteiger charge is 2.63. The highest BCUT2D eigenvalue weighted by atomic mass is 32.1. The third kappa shape index (κ3) is 1.35. The molecule has 16 heavy (non-hydrogen) atoms. The average molecular weight is 240 g/mol. The molecule has 0 aromatic rings. The van der Waals surface area contributed by atoms with E-state index < -0.39 is 0 Å². The maximum atomic E-state index is 6.59. The van der Waals surface area contributed by atoms with Crippen LogP contribution in [0.25, 0.3) is 0 Å². The molecule has 0 aromatic carbocycles. The van der Waals surface area contributed by atoms with Gasteiger partial charge in [-0.3, -0.25) is 0 Å². The minimum absolute atomic E-state index is 0.0998. The third-order valence-electron chi connectivity index (χ3n) is 5.76. The van der Waals surface area contributed by atoms with Gasteiger partial charge in [0, 0.05) is 5.25 Å². The fraction of sp³-hybridized carbons (Fsp3) is 1.00. The lowest BCUT2D eigenvalue weighted by molar-refractivity contribution is -0.165. The van der Waals surface area contributed by atoms with Crippen molar-refractivity contribution in [3.63, 3.8) is 0 Å². The fourth-order valence-electron chi connectivity index (χ4n) is 4.50. The van der Waals surface area contributed by atoms with Crippen molar-refractivity contribution in [1.82, 2.24) is 0 Å². The maximum Gasteiger partial charge on any atom is 0.0757 e. The molecule has 2 aliphatic carbocycles. The molecule has 4 atom stereocenters. The summed E-state index contributed by atoms with van der Waals surface area (Å²) in [6, 6.07) is 0. The van der Waals surface area contributed by atoms with E-state index in [4.69, 9.17) is 17.4 Å². The first kappa shape index (κ1) is 11.4. The summed E-state index contributed by atoms with van der Waals surface area (Å²) in [6.45, 7) is 7.05. The van der Waals surface area contributed by atoms with Crippen LogP contribution in [0.15, 0.2) is 0 Å². The van der Waals surface area contributed by atoms with Gasteiger partial charge in [0.05, 0.1) is 11.2 Å². The third-order valence-corrected chi connectivity index (χ3v) is 6.20. The summed E-state index contributed by atoms with van der Waals surface area (Å²) in [5.74, 6) is 0.777. The van der Waals surface area contributed by atoms with Crippen molar-refractivity contribution in [1.29, 1.82) is 0 Å². The molecule has 2 bridgehead atoms. The Morgan fingerprint density at radius 3 is 2.50 bits per heavy atom. The Morgan fingerprint density at radius 1 is 1.06 bits per heavy atom. The van der Waals surface area contributed by atoms with Crippen LogP contribution in [0.1, 0.15) is 59.3 Å². The van der Waals surface area contributed by atoms with Crippen molar-refractivity contribution < 1.29 is 4.74 Å². The SMILES string of the molecule is CC1(C)OC23CC(S)CC[C@@]2(C)CCC1C3. The van der Waals surface area contributed by atoms with Gasteiger partial charge in [-0.25, -0.2) is 0 Å². The molecule has 1 spiro atoms. The predicted molar refractivity (Wildman–Crippen MR) is 70.0 cm³/mol. The van der Waals surface area contributed by atoms with Gasteiger partial charge in [0.15, 0.2) is 0 Å². The van der Waals surface area contributed by atoms with E-state index in [0.717, 1.165) is 5.92 Å². The number of hydrogen-bond donors (Lipinski definition) is 1. The van der Waals surface area contributed by atoms with Gasteiger partial charge in [-0.2, -0.15) is 12.6 Å². The molecule has 2 heteroatoms. The van der Waals surface area contributed by atoms with Gasteiger partial charge in [-0.1, -0.05) is 6.92 Å². The molecule has 92 valence electrons. The van der Waals surface area contributed by atoms with Crippen molar-refractivity contribution in [3.8, 4) is 0 Å². The molecule has 3 rings (SSSR count). The molecule has 3 aliphatic rings. The fourth-order valence-corrected chi connectivity index (χ4v) is 4.93. The van der Waals surface area contributed by atoms with Crippen LogP contribution in [0.4, 0.5) is 0 Å². The number of ether oxygens (including phenoxy) is 1. The van der Waals surface area contributed by atoms with Gasteiger partial charge in [0.2, 0.25) is 0 Å². The number of fused-ring (bicyclic) bond motifs is 1. The molecule has 2 saturated carbocycles. The summed E-state index contributed by atoms with van der Waals surface area (Å²) < 4.78 is 6.59. The van der Waals surface area contributed by atoms with Crippen LogP contribution in [0.5, 0.6) is 0 Å². The second-order valence-corrected chi connectivity index (χ2v) is 7.83. The Labute approximate surface area is 105 Å². The van der Waals surface area contributed by atoms with Crippen molar-refractivity contribution in [2.24, 2.45) is 11.3 Å². The van der Waals surface area contributed by atoms with E-state index in [-0.39, 0.29) is 11.2 Å². The molecule has 0 N–H and O–H groups in total. The first-order valence-corrected chi connectivity index (χ1v) is 7.27. The standard InChI is InChI=1S/C14H24OS/c1-12(2)10-4-6-13(3)7-5-11(16)9-14(13,8-10)15-12/h10-11,16H,4-9H2,1-3H3/t10?,11?,13-,14?/m1/s1. The van der Waals surface area contributed by atoms with Crippen molar-refractivity contribution >= 4 is 12.6 Å². The van der Waals surface area contributed by atoms with Crippen LogP contribution in [0, 0.1) is 11.3 Å². The van der Waals surface area contributed by atoms with Crippen molar-refractivity contribution in [2.75, 3.05) is 0 Å². The van der Waals surface area contributed by atoms with E-state index >= 15 is 0 Å². The number of hydrogen-bond acceptors (Lipinski definition) is 2. The molecule has 1 nitrogen and oxygen atoms in total. The van der Waals surface area contributed by atoms with E-state index in [1.807, 2.05) is 0 Å². The molecule has 0 radical (unpaired) electrons. The molecule has 1 saturated heterocycles. The lowest BCUT2D eigenvalue weighted by Crippen LogP contribution is -2.53. The lowest BCUT2D eigenvalue weighted by atomic mass is 9.56. The highest BCUT2D eigenvalue weighted by molar-refractivity contribution is 7.80. The lowest BCUT2D eigenvalue weighted by Gasteiger charge is -2.53. The summed E-state index contributed by atoms with van der Waals surface area (Å²) >= 11 is 4.72. The molecule has 0 amide bonds. The first-order valence-electron chi connectivity index (χ1n) is 6.75. The topological polar surface area (TPSA) is 9.23 Å². The van der Waals surface area contributed by atoms with E-state index in [1.54, 1.807) is 0 Å². The summed E-state index contributed by atoms with van der Waals surface area (Å²) in [6.07, 6.45) is 7.77. The van der Waals surface area contributed by atoms with Crippen molar-refractivity contribution in [3.05, 3.63) is 0 Å². The zero-order chi connectivity index (χ0) is 11.6. The largest absolute Gasteiger partial charge is 0.368 e. The maximum absolute atomic E-state index is 6.59. The normalized spacial score (nSPS) is 54.8. The Hall–Kier alpha value is 0.310. The highest BCUT2D eigenvalue weighted by Crippen LogP contribution is 2.64. The first-order chi connectivity index (χ1) is 7.37. The minimum atomic E-state index is 0.0998. The zero-order valence-electron chi connectivity index (χ0n) is 10.8. The van der Waals surface area contributed by atoms with Gasteiger partial charge < -0.3 is 4.74 Å². The Bertz CT molecular complexity index is 314. The van der Waals surface area contributed by atoms with Crippen LogP contribution in [-0.4, -0.2) is 16.5 Å². The smallest absolute Gasteiger partial charge is 0.0757 e. The van der Waals surface area contributed by atoms with Crippen molar-refractivity contribution in [2.45, 2.75) is 75.7 Å². The quantitative estimate of drug-likeness (QED) is 0.633. The van der Waals surface area contributed by atoms with Gasteiger partial charge in [0.1, 0.15) is 0 Å². The van der Waals surface area contributed by atoms with Crippen LogP contribution >= 0.6 is 12.6 Å². The predicted octanol–water partition coefficient (Wildman–Crippen LogP) is 3.82. The van der Waals surface area contributed by atoms with E-state index in [2.05, 4.69) is 20.8 Å². The molecule has 3 unspecified atom stereocenters. The zero-order valence-corrected chi connectivity index (χ0v) is 11.6. The summed E-state index contributed by atoms with van der Waals surface area (Å²) in [4.78, 5) is 0. The molecular formula is C14H24OS. The van der Waals surface area contributed by atoms with Gasteiger partial charge >= 0.3 is 0 Å². The minimum Gasteiger partial charge on any atom is -0.368 e. The Morgan fingerprint density at radius 2 is 1.75 bits per heavy atom. The molecule has 0 aromatic heterocycles. The molecular weight excluding hydrogens is 216 g/mol. The van der Waals surface area contributed by atoms with Crippen LogP contribution in [0.3, 0.4) is 0 Å². The van der Waals surface area contributed by atoms with Gasteiger partial charge in [0.25, 0.3) is 0 Å². The molecule has 3 fully saturated rings. The van der Waals surface area contributed by atoms with Crippen LogP contribution in [0.2, 0.25) is 0 Å². The van der Waals surface area contributed by atoms with E-state index in [1.165, 1.54) is 38.5 Å². The number of thiol groups is 1. The summed E-state index contributed by atoms with van der Waals surface area (Å²) in [5.41, 5.74) is 0.684. The second kappa shape index (κ2) is 3.20. The second-order valence-electron chi connectivity index (χ2n) is 7.10. The monoisotopic (exact) mass is 240 g/mol. The Kier molecular flexibility index (Phi) is 2.28. The van der Waals surface area contributed by atoms with Crippen LogP contribution < -0.4 is 0 Å². The molecule has 1 aliphatic heterocycles. The van der Waals surface area contributed by atoms with E-state index in [9.17, 15) is 0 Å². The summed E-state index contributed by atoms with van der Waals surface area (Å²) in [7, 11) is 0. The average Bonchev–Trinajstić information content (AvgIpc) is 2.39. The van der Waals surface area contributed by atoms with Gasteiger partial charge in [-0.05, 0) is 63.7 Å². The number of rotatable bonds is 0. The van der Waals surface area contributed by atoms with Crippen LogP contribution in [-0.2, 0) is 4.74 Å². The summed E-state index contributed by atoms with van der Waals surface area (Å²) in [5, 5.41) is 0.556. The molecule has 1 heterocycles.